The fraction of sp³-hybridized carbons (Fsp3) is 0.722. The van der Waals surface area contributed by atoms with Crippen LogP contribution in [-0.2, 0) is 5.88 Å². The molecule has 1 aromatic heterocycles. The van der Waals surface area contributed by atoms with Crippen LogP contribution in [0.15, 0.2) is 12.1 Å². The van der Waals surface area contributed by atoms with Crippen molar-refractivity contribution in [1.82, 2.24) is 4.98 Å². The van der Waals surface area contributed by atoms with Gasteiger partial charge < -0.3 is 4.90 Å². The van der Waals surface area contributed by atoms with E-state index in [2.05, 4.69) is 44.9 Å². The predicted molar refractivity (Wildman–Crippen MR) is 92.3 cm³/mol. The standard InChI is InChI=1S/C18H29ClN2/c1-5-14-6-8-16(9-7-14)21(4)18-11-15(12-19)10-17(20-18)13(2)3/h10-11,13-14,16H,5-9,12H2,1-4H3. The highest BCUT2D eigenvalue weighted by molar-refractivity contribution is 6.17. The van der Waals surface area contributed by atoms with Gasteiger partial charge in [0, 0.05) is 24.7 Å². The van der Waals surface area contributed by atoms with Crippen molar-refractivity contribution in [3.05, 3.63) is 23.4 Å². The summed E-state index contributed by atoms with van der Waals surface area (Å²) in [6.07, 6.45) is 6.63. The van der Waals surface area contributed by atoms with Crippen molar-refractivity contribution in [3.8, 4) is 0 Å². The fourth-order valence-corrected chi connectivity index (χ4v) is 3.43. The molecule has 2 nitrogen and oxygen atoms in total. The number of anilines is 1. The van der Waals surface area contributed by atoms with E-state index >= 15 is 0 Å². The molecule has 1 heterocycles. The Hall–Kier alpha value is -0.760. The Morgan fingerprint density at radius 3 is 2.43 bits per heavy atom. The van der Waals surface area contributed by atoms with Crippen LogP contribution in [0.2, 0.25) is 0 Å². The first-order valence-electron chi connectivity index (χ1n) is 8.34. The molecule has 21 heavy (non-hydrogen) atoms. The lowest BCUT2D eigenvalue weighted by Gasteiger charge is -2.35. The molecule has 1 saturated carbocycles. The molecule has 118 valence electrons. The number of nitrogens with zero attached hydrogens (tertiary/aromatic N) is 2. The first kappa shape index (κ1) is 16.6. The van der Waals surface area contributed by atoms with E-state index in [9.17, 15) is 0 Å². The molecule has 1 aromatic rings. The molecule has 1 aliphatic carbocycles. The van der Waals surface area contributed by atoms with Gasteiger partial charge in [-0.05, 0) is 55.2 Å². The van der Waals surface area contributed by atoms with E-state index in [4.69, 9.17) is 16.6 Å². The van der Waals surface area contributed by atoms with E-state index in [1.165, 1.54) is 37.7 Å². The Morgan fingerprint density at radius 2 is 1.90 bits per heavy atom. The van der Waals surface area contributed by atoms with Crippen molar-refractivity contribution < 1.29 is 0 Å². The number of alkyl halides is 1. The van der Waals surface area contributed by atoms with Crippen LogP contribution in [-0.4, -0.2) is 18.1 Å². The highest BCUT2D eigenvalue weighted by Crippen LogP contribution is 2.31. The molecule has 2 rings (SSSR count). The third-order valence-corrected chi connectivity index (χ3v) is 5.25. The summed E-state index contributed by atoms with van der Waals surface area (Å²) < 4.78 is 0. The Kier molecular flexibility index (Phi) is 5.92. The second-order valence-corrected chi connectivity index (χ2v) is 7.01. The zero-order valence-electron chi connectivity index (χ0n) is 13.9. The smallest absolute Gasteiger partial charge is 0.129 e. The summed E-state index contributed by atoms with van der Waals surface area (Å²) in [5, 5.41) is 0. The van der Waals surface area contributed by atoms with Gasteiger partial charge in [-0.25, -0.2) is 4.98 Å². The van der Waals surface area contributed by atoms with Crippen LogP contribution in [0, 0.1) is 5.92 Å². The van der Waals surface area contributed by atoms with Gasteiger partial charge in [-0.2, -0.15) is 0 Å². The van der Waals surface area contributed by atoms with Crippen LogP contribution in [0.1, 0.15) is 70.1 Å². The molecule has 0 bridgehead atoms. The fourth-order valence-electron chi connectivity index (χ4n) is 3.28. The van der Waals surface area contributed by atoms with Crippen LogP contribution in [0.3, 0.4) is 0 Å². The van der Waals surface area contributed by atoms with Gasteiger partial charge in [0.05, 0.1) is 0 Å². The largest absolute Gasteiger partial charge is 0.357 e. The van der Waals surface area contributed by atoms with Gasteiger partial charge in [0.1, 0.15) is 5.82 Å². The maximum atomic E-state index is 6.06. The molecular formula is C18H29ClN2. The number of halogens is 1. The minimum Gasteiger partial charge on any atom is -0.357 e. The second kappa shape index (κ2) is 7.49. The SMILES string of the molecule is CCC1CCC(N(C)c2cc(CCl)cc(C(C)C)n2)CC1. The van der Waals surface area contributed by atoms with Gasteiger partial charge >= 0.3 is 0 Å². The van der Waals surface area contributed by atoms with E-state index in [1.54, 1.807) is 0 Å². The quantitative estimate of drug-likeness (QED) is 0.682. The van der Waals surface area contributed by atoms with Crippen molar-refractivity contribution in [1.29, 1.82) is 0 Å². The second-order valence-electron chi connectivity index (χ2n) is 6.74. The van der Waals surface area contributed by atoms with E-state index < -0.39 is 0 Å². The molecule has 0 aromatic carbocycles. The van der Waals surface area contributed by atoms with Gasteiger partial charge in [-0.3, -0.25) is 0 Å². The summed E-state index contributed by atoms with van der Waals surface area (Å²) in [6, 6.07) is 4.93. The molecule has 0 N–H and O–H groups in total. The molecule has 0 atom stereocenters. The van der Waals surface area contributed by atoms with Crippen molar-refractivity contribution in [2.75, 3.05) is 11.9 Å². The summed E-state index contributed by atoms with van der Waals surface area (Å²) in [4.78, 5) is 7.25. The van der Waals surface area contributed by atoms with Crippen LogP contribution in [0.5, 0.6) is 0 Å². The molecule has 0 aliphatic heterocycles. The van der Waals surface area contributed by atoms with Crippen molar-refractivity contribution >= 4 is 17.4 Å². The molecule has 3 heteroatoms. The zero-order chi connectivity index (χ0) is 15.4. The third-order valence-electron chi connectivity index (χ3n) is 4.94. The van der Waals surface area contributed by atoms with E-state index in [1.807, 2.05) is 0 Å². The highest BCUT2D eigenvalue weighted by Gasteiger charge is 2.24. The van der Waals surface area contributed by atoms with Crippen LogP contribution in [0.25, 0.3) is 0 Å². The Labute approximate surface area is 134 Å². The van der Waals surface area contributed by atoms with Gasteiger partial charge in [-0.15, -0.1) is 11.6 Å². The third kappa shape index (κ3) is 4.12. The first-order chi connectivity index (χ1) is 10.0. The number of hydrogen-bond donors (Lipinski definition) is 0. The topological polar surface area (TPSA) is 16.1 Å². The lowest BCUT2D eigenvalue weighted by atomic mass is 9.84. The number of aromatic nitrogens is 1. The lowest BCUT2D eigenvalue weighted by Crippen LogP contribution is -2.35. The Balaban J connectivity index is 2.15. The minimum absolute atomic E-state index is 0.441. The average Bonchev–Trinajstić information content (AvgIpc) is 2.53. The molecular weight excluding hydrogens is 280 g/mol. The van der Waals surface area contributed by atoms with Crippen LogP contribution >= 0.6 is 11.6 Å². The van der Waals surface area contributed by atoms with E-state index in [-0.39, 0.29) is 0 Å². The average molecular weight is 309 g/mol. The lowest BCUT2D eigenvalue weighted by molar-refractivity contribution is 0.313. The normalized spacial score (nSPS) is 22.6. The van der Waals surface area contributed by atoms with Gasteiger partial charge in [0.15, 0.2) is 0 Å². The molecule has 0 unspecified atom stereocenters. The van der Waals surface area contributed by atoms with Crippen LogP contribution < -0.4 is 4.90 Å². The summed E-state index contributed by atoms with van der Waals surface area (Å²) in [5.74, 6) is 3.03. The van der Waals surface area contributed by atoms with Crippen molar-refractivity contribution in [3.63, 3.8) is 0 Å². The molecule has 0 spiro atoms. The summed E-state index contributed by atoms with van der Waals surface area (Å²) in [6.45, 7) is 6.70. The molecule has 0 amide bonds. The van der Waals surface area contributed by atoms with Crippen molar-refractivity contribution in [2.45, 2.75) is 70.7 Å². The molecule has 1 fully saturated rings. The number of pyridine rings is 1. The highest BCUT2D eigenvalue weighted by atomic mass is 35.5. The minimum atomic E-state index is 0.441. The molecule has 0 saturated heterocycles. The maximum Gasteiger partial charge on any atom is 0.129 e. The predicted octanol–water partition coefficient (Wildman–Crippen LogP) is 5.35. The first-order valence-corrected chi connectivity index (χ1v) is 8.88. The summed E-state index contributed by atoms with van der Waals surface area (Å²) in [7, 11) is 2.20. The number of hydrogen-bond acceptors (Lipinski definition) is 2. The van der Waals surface area contributed by atoms with Gasteiger partial charge in [0.25, 0.3) is 0 Å². The van der Waals surface area contributed by atoms with E-state index in [0.717, 1.165) is 17.4 Å². The van der Waals surface area contributed by atoms with Crippen LogP contribution in [0.4, 0.5) is 5.82 Å². The molecule has 1 aliphatic rings. The zero-order valence-corrected chi connectivity index (χ0v) is 14.7. The summed E-state index contributed by atoms with van der Waals surface area (Å²) in [5.41, 5.74) is 2.33. The summed E-state index contributed by atoms with van der Waals surface area (Å²) >= 11 is 6.06. The monoisotopic (exact) mass is 308 g/mol. The van der Waals surface area contributed by atoms with E-state index in [0.29, 0.717) is 17.8 Å². The Morgan fingerprint density at radius 1 is 1.24 bits per heavy atom. The van der Waals surface area contributed by atoms with Gasteiger partial charge in [0.2, 0.25) is 0 Å². The van der Waals surface area contributed by atoms with Crippen molar-refractivity contribution in [2.24, 2.45) is 5.92 Å². The van der Waals surface area contributed by atoms with Gasteiger partial charge in [-0.1, -0.05) is 27.2 Å². The maximum absolute atomic E-state index is 6.06. The number of rotatable bonds is 5. The molecule has 0 radical (unpaired) electrons. The Bertz CT molecular complexity index is 451.